The third-order valence-corrected chi connectivity index (χ3v) is 4.86. The van der Waals surface area contributed by atoms with Gasteiger partial charge in [0.25, 0.3) is 0 Å². The molecule has 128 valence electrons. The van der Waals surface area contributed by atoms with Crippen LogP contribution in [0.25, 0.3) is 6.08 Å². The zero-order valence-electron chi connectivity index (χ0n) is 13.8. The minimum absolute atomic E-state index is 0.0823. The fraction of sp³-hybridized carbons (Fsp3) is 0.500. The summed E-state index contributed by atoms with van der Waals surface area (Å²) in [6, 6.07) is 3.99. The number of rotatable bonds is 6. The average molecular weight is 346 g/mol. The molecule has 0 aromatic carbocycles. The molecule has 3 heterocycles. The largest absolute Gasteiger partial charge is 0.337 e. The molecule has 2 aromatic rings. The number of carbonyl (C=O) groups is 1. The van der Waals surface area contributed by atoms with E-state index in [2.05, 4.69) is 27.3 Å². The maximum absolute atomic E-state index is 12.2. The second kappa shape index (κ2) is 8.16. The van der Waals surface area contributed by atoms with Gasteiger partial charge >= 0.3 is 0 Å². The lowest BCUT2D eigenvalue weighted by Crippen LogP contribution is -2.48. The third kappa shape index (κ3) is 4.27. The molecular formula is C16H22N6OS. The fourth-order valence-electron chi connectivity index (χ4n) is 2.69. The van der Waals surface area contributed by atoms with Gasteiger partial charge in [-0.3, -0.25) is 9.69 Å². The number of hydrogen-bond donors (Lipinski definition) is 0. The summed E-state index contributed by atoms with van der Waals surface area (Å²) < 4.78 is 1.86. The summed E-state index contributed by atoms with van der Waals surface area (Å²) in [5.41, 5.74) is 0. The van der Waals surface area contributed by atoms with Crippen LogP contribution >= 0.6 is 11.3 Å². The van der Waals surface area contributed by atoms with E-state index >= 15 is 0 Å². The van der Waals surface area contributed by atoms with Crippen molar-refractivity contribution in [2.24, 2.45) is 0 Å². The predicted octanol–water partition coefficient (Wildman–Crippen LogP) is 1.50. The molecule has 0 aliphatic carbocycles. The summed E-state index contributed by atoms with van der Waals surface area (Å²) >= 11 is 1.63. The molecule has 0 saturated carbocycles. The third-order valence-electron chi connectivity index (χ3n) is 4.02. The number of nitrogens with zero attached hydrogens (tertiary/aromatic N) is 6. The van der Waals surface area contributed by atoms with Crippen LogP contribution in [0.4, 0.5) is 0 Å². The van der Waals surface area contributed by atoms with Crippen molar-refractivity contribution < 1.29 is 4.79 Å². The highest BCUT2D eigenvalue weighted by molar-refractivity contribution is 7.10. The van der Waals surface area contributed by atoms with Crippen LogP contribution in [0.15, 0.2) is 23.6 Å². The quantitative estimate of drug-likeness (QED) is 0.742. The van der Waals surface area contributed by atoms with Crippen molar-refractivity contribution in [1.82, 2.24) is 30.0 Å². The Bertz CT molecular complexity index is 673. The Labute approximate surface area is 145 Å². The Morgan fingerprint density at radius 3 is 2.88 bits per heavy atom. The highest BCUT2D eigenvalue weighted by Gasteiger charge is 2.21. The van der Waals surface area contributed by atoms with Crippen molar-refractivity contribution in [3.63, 3.8) is 0 Å². The van der Waals surface area contributed by atoms with E-state index in [0.29, 0.717) is 0 Å². The van der Waals surface area contributed by atoms with Gasteiger partial charge in [-0.2, -0.15) is 0 Å². The second-order valence-corrected chi connectivity index (χ2v) is 6.75. The second-order valence-electron chi connectivity index (χ2n) is 5.77. The van der Waals surface area contributed by atoms with Crippen LogP contribution in [0.2, 0.25) is 0 Å². The summed E-state index contributed by atoms with van der Waals surface area (Å²) in [5.74, 6) is 0.980. The molecule has 0 spiro atoms. The minimum atomic E-state index is 0.0823. The van der Waals surface area contributed by atoms with Gasteiger partial charge in [-0.1, -0.05) is 13.0 Å². The monoisotopic (exact) mass is 346 g/mol. The van der Waals surface area contributed by atoms with E-state index in [1.165, 1.54) is 0 Å². The molecule has 3 rings (SSSR count). The lowest BCUT2D eigenvalue weighted by atomic mass is 10.3. The van der Waals surface area contributed by atoms with Crippen LogP contribution < -0.4 is 0 Å². The molecule has 0 bridgehead atoms. The van der Waals surface area contributed by atoms with Crippen molar-refractivity contribution in [3.8, 4) is 0 Å². The number of aryl methyl sites for hydroxylation is 1. The maximum atomic E-state index is 12.2. The maximum Gasteiger partial charge on any atom is 0.246 e. The summed E-state index contributed by atoms with van der Waals surface area (Å²) in [6.07, 6.45) is 4.57. The van der Waals surface area contributed by atoms with E-state index in [4.69, 9.17) is 0 Å². The number of hydrogen-bond acceptors (Lipinski definition) is 6. The fourth-order valence-corrected chi connectivity index (χ4v) is 3.31. The van der Waals surface area contributed by atoms with Crippen molar-refractivity contribution in [2.75, 3.05) is 26.2 Å². The first kappa shape index (κ1) is 16.8. The van der Waals surface area contributed by atoms with E-state index in [-0.39, 0.29) is 5.91 Å². The molecule has 7 nitrogen and oxygen atoms in total. The van der Waals surface area contributed by atoms with Crippen LogP contribution in [0.1, 0.15) is 24.0 Å². The van der Waals surface area contributed by atoms with E-state index in [1.807, 2.05) is 33.2 Å². The Hall–Kier alpha value is -2.06. The van der Waals surface area contributed by atoms with E-state index in [9.17, 15) is 4.79 Å². The summed E-state index contributed by atoms with van der Waals surface area (Å²) in [6.45, 7) is 6.86. The molecule has 1 saturated heterocycles. The Morgan fingerprint density at radius 2 is 2.17 bits per heavy atom. The SMILES string of the molecule is CCCn1nnnc1CN1CCN(C(=O)C=Cc2cccs2)CC1. The first-order chi connectivity index (χ1) is 11.8. The molecule has 1 aliphatic rings. The van der Waals surface area contributed by atoms with Gasteiger partial charge in [0, 0.05) is 43.7 Å². The molecule has 24 heavy (non-hydrogen) atoms. The van der Waals surface area contributed by atoms with Gasteiger partial charge in [-0.25, -0.2) is 4.68 Å². The average Bonchev–Trinajstić information content (AvgIpc) is 3.26. The van der Waals surface area contributed by atoms with Gasteiger partial charge in [0.1, 0.15) is 0 Å². The molecule has 1 amide bonds. The predicted molar refractivity (Wildman–Crippen MR) is 93.3 cm³/mol. The molecule has 1 aliphatic heterocycles. The molecule has 2 aromatic heterocycles. The van der Waals surface area contributed by atoms with E-state index < -0.39 is 0 Å². The Kier molecular flexibility index (Phi) is 5.71. The van der Waals surface area contributed by atoms with Crippen LogP contribution in [0.5, 0.6) is 0 Å². The van der Waals surface area contributed by atoms with Crippen molar-refractivity contribution in [3.05, 3.63) is 34.3 Å². The van der Waals surface area contributed by atoms with E-state index in [0.717, 1.165) is 56.4 Å². The van der Waals surface area contributed by atoms with Crippen LogP contribution in [0.3, 0.4) is 0 Å². The van der Waals surface area contributed by atoms with Gasteiger partial charge in [0.15, 0.2) is 5.82 Å². The Morgan fingerprint density at radius 1 is 1.33 bits per heavy atom. The highest BCUT2D eigenvalue weighted by atomic mass is 32.1. The van der Waals surface area contributed by atoms with Crippen molar-refractivity contribution >= 4 is 23.3 Å². The lowest BCUT2D eigenvalue weighted by Gasteiger charge is -2.33. The van der Waals surface area contributed by atoms with Gasteiger partial charge in [0.2, 0.25) is 5.91 Å². The van der Waals surface area contributed by atoms with Crippen LogP contribution in [-0.2, 0) is 17.9 Å². The molecule has 0 atom stereocenters. The smallest absolute Gasteiger partial charge is 0.246 e. The van der Waals surface area contributed by atoms with Crippen LogP contribution in [-0.4, -0.2) is 62.1 Å². The Balaban J connectivity index is 1.48. The van der Waals surface area contributed by atoms with Gasteiger partial charge in [0.05, 0.1) is 6.54 Å². The molecule has 0 N–H and O–H groups in total. The summed E-state index contributed by atoms with van der Waals surface area (Å²) in [5, 5.41) is 13.9. The molecule has 8 heteroatoms. The van der Waals surface area contributed by atoms with Gasteiger partial charge < -0.3 is 4.90 Å². The molecule has 0 radical (unpaired) electrons. The van der Waals surface area contributed by atoms with Gasteiger partial charge in [-0.05, 0) is 34.4 Å². The topological polar surface area (TPSA) is 67.2 Å². The number of carbonyl (C=O) groups excluding carboxylic acids is 1. The number of amides is 1. The number of piperazine rings is 1. The number of thiophene rings is 1. The molecule has 1 fully saturated rings. The number of tetrazole rings is 1. The molecular weight excluding hydrogens is 324 g/mol. The minimum Gasteiger partial charge on any atom is -0.337 e. The van der Waals surface area contributed by atoms with Crippen molar-refractivity contribution in [2.45, 2.75) is 26.4 Å². The summed E-state index contributed by atoms with van der Waals surface area (Å²) in [7, 11) is 0. The number of aromatic nitrogens is 4. The first-order valence-electron chi connectivity index (χ1n) is 8.24. The zero-order valence-corrected chi connectivity index (χ0v) is 14.7. The highest BCUT2D eigenvalue weighted by Crippen LogP contribution is 2.11. The molecule has 0 unspecified atom stereocenters. The zero-order chi connectivity index (χ0) is 16.8. The van der Waals surface area contributed by atoms with Crippen LogP contribution in [0, 0.1) is 0 Å². The summed E-state index contributed by atoms with van der Waals surface area (Å²) in [4.78, 5) is 17.5. The van der Waals surface area contributed by atoms with E-state index in [1.54, 1.807) is 17.4 Å². The standard InChI is InChI=1S/C16H22N6OS/c1-2-7-22-15(17-18-19-22)13-20-8-10-21(11-9-20)16(23)6-5-14-4-3-12-24-14/h3-6,12H,2,7-11,13H2,1H3. The normalized spacial score (nSPS) is 16.1. The van der Waals surface area contributed by atoms with Crippen molar-refractivity contribution in [1.29, 1.82) is 0 Å². The van der Waals surface area contributed by atoms with Gasteiger partial charge in [-0.15, -0.1) is 16.4 Å². The lowest BCUT2D eigenvalue weighted by molar-refractivity contribution is -0.127. The first-order valence-corrected chi connectivity index (χ1v) is 9.12.